The Bertz CT molecular complexity index is 501. The summed E-state index contributed by atoms with van der Waals surface area (Å²) in [6.07, 6.45) is 1.72. The van der Waals surface area contributed by atoms with E-state index in [4.69, 9.17) is 5.11 Å². The fraction of sp³-hybridized carbons (Fsp3) is 0.250. The minimum absolute atomic E-state index is 0.0216. The van der Waals surface area contributed by atoms with Gasteiger partial charge in [0.15, 0.2) is 0 Å². The van der Waals surface area contributed by atoms with Gasteiger partial charge in [0.2, 0.25) is 0 Å². The SMILES string of the molecule is CN(Cc1cc(Br)cs1)c1ccnc(CO)c1. The Morgan fingerprint density at radius 2 is 2.29 bits per heavy atom. The minimum atomic E-state index is -0.0216. The molecule has 2 heterocycles. The molecule has 0 fully saturated rings. The van der Waals surface area contributed by atoms with Crippen LogP contribution in [0.4, 0.5) is 5.69 Å². The van der Waals surface area contributed by atoms with Crippen molar-refractivity contribution < 1.29 is 5.11 Å². The molecule has 0 aliphatic rings. The van der Waals surface area contributed by atoms with E-state index < -0.39 is 0 Å². The second-order valence-electron chi connectivity index (χ2n) is 3.75. The van der Waals surface area contributed by atoms with Crippen LogP contribution in [0, 0.1) is 0 Å². The summed E-state index contributed by atoms with van der Waals surface area (Å²) in [5, 5.41) is 11.1. The van der Waals surface area contributed by atoms with Gasteiger partial charge in [-0.25, -0.2) is 0 Å². The molecule has 0 unspecified atom stereocenters. The highest BCUT2D eigenvalue weighted by Crippen LogP contribution is 2.23. The molecule has 5 heteroatoms. The maximum absolute atomic E-state index is 9.05. The average molecular weight is 313 g/mol. The van der Waals surface area contributed by atoms with Gasteiger partial charge in [0.25, 0.3) is 0 Å². The average Bonchev–Trinajstić information content (AvgIpc) is 2.75. The van der Waals surface area contributed by atoms with E-state index in [0.29, 0.717) is 5.69 Å². The van der Waals surface area contributed by atoms with Crippen molar-refractivity contribution in [3.8, 4) is 0 Å². The molecule has 2 aromatic heterocycles. The van der Waals surface area contributed by atoms with Crippen molar-refractivity contribution in [1.29, 1.82) is 0 Å². The van der Waals surface area contributed by atoms with Gasteiger partial charge >= 0.3 is 0 Å². The number of aromatic nitrogens is 1. The number of aliphatic hydroxyl groups excluding tert-OH is 1. The van der Waals surface area contributed by atoms with Crippen LogP contribution in [0.15, 0.2) is 34.2 Å². The van der Waals surface area contributed by atoms with E-state index in [1.165, 1.54) is 4.88 Å². The lowest BCUT2D eigenvalue weighted by Crippen LogP contribution is -2.15. The largest absolute Gasteiger partial charge is 0.390 e. The van der Waals surface area contributed by atoms with Crippen LogP contribution >= 0.6 is 27.3 Å². The Morgan fingerprint density at radius 3 is 2.94 bits per heavy atom. The van der Waals surface area contributed by atoms with Crippen LogP contribution in [-0.4, -0.2) is 17.1 Å². The van der Waals surface area contributed by atoms with E-state index in [1.54, 1.807) is 17.5 Å². The van der Waals surface area contributed by atoms with Crippen LogP contribution < -0.4 is 4.90 Å². The standard InChI is InChI=1S/C12H13BrN2OS/c1-15(6-12-4-9(13)8-17-12)11-2-3-14-10(5-11)7-16/h2-5,8,16H,6-7H2,1H3. The third-order valence-electron chi connectivity index (χ3n) is 2.42. The Morgan fingerprint density at radius 1 is 1.47 bits per heavy atom. The lowest BCUT2D eigenvalue weighted by atomic mass is 10.3. The highest BCUT2D eigenvalue weighted by Gasteiger charge is 2.05. The normalized spacial score (nSPS) is 10.5. The molecule has 0 aromatic carbocycles. The maximum atomic E-state index is 9.05. The lowest BCUT2D eigenvalue weighted by molar-refractivity contribution is 0.277. The molecule has 0 bridgehead atoms. The van der Waals surface area contributed by atoms with Gasteiger partial charge in [-0.3, -0.25) is 4.98 Å². The highest BCUT2D eigenvalue weighted by molar-refractivity contribution is 9.10. The molecule has 0 amide bonds. The number of nitrogens with zero attached hydrogens (tertiary/aromatic N) is 2. The summed E-state index contributed by atoms with van der Waals surface area (Å²) in [6, 6.07) is 5.97. The zero-order valence-electron chi connectivity index (χ0n) is 9.43. The lowest BCUT2D eigenvalue weighted by Gasteiger charge is -2.18. The first-order chi connectivity index (χ1) is 8.19. The van der Waals surface area contributed by atoms with Gasteiger partial charge in [-0.1, -0.05) is 0 Å². The van der Waals surface area contributed by atoms with Crippen LogP contribution in [0.1, 0.15) is 10.6 Å². The van der Waals surface area contributed by atoms with Gasteiger partial charge in [0.05, 0.1) is 18.8 Å². The first kappa shape index (κ1) is 12.5. The number of pyridine rings is 1. The molecule has 0 atom stereocenters. The third-order valence-corrected chi connectivity index (χ3v) is 4.10. The van der Waals surface area contributed by atoms with Crippen LogP contribution in [-0.2, 0) is 13.2 Å². The van der Waals surface area contributed by atoms with E-state index in [9.17, 15) is 0 Å². The van der Waals surface area contributed by atoms with Crippen molar-refractivity contribution in [3.05, 3.63) is 44.8 Å². The molecule has 0 spiro atoms. The minimum Gasteiger partial charge on any atom is -0.390 e. The predicted octanol–water partition coefficient (Wildman–Crippen LogP) is 3.03. The summed E-state index contributed by atoms with van der Waals surface area (Å²) in [6.45, 7) is 0.831. The van der Waals surface area contributed by atoms with Crippen LogP contribution in [0.5, 0.6) is 0 Å². The Kier molecular flexibility index (Phi) is 4.15. The highest BCUT2D eigenvalue weighted by atomic mass is 79.9. The van der Waals surface area contributed by atoms with Gasteiger partial charge in [-0.05, 0) is 34.1 Å². The van der Waals surface area contributed by atoms with Crippen molar-refractivity contribution in [2.24, 2.45) is 0 Å². The number of anilines is 1. The summed E-state index contributed by atoms with van der Waals surface area (Å²) in [7, 11) is 2.03. The summed E-state index contributed by atoms with van der Waals surface area (Å²) in [5.74, 6) is 0. The summed E-state index contributed by atoms with van der Waals surface area (Å²) in [4.78, 5) is 7.50. The topological polar surface area (TPSA) is 36.4 Å². The summed E-state index contributed by atoms with van der Waals surface area (Å²) < 4.78 is 1.12. The summed E-state index contributed by atoms with van der Waals surface area (Å²) >= 11 is 5.18. The molecule has 0 radical (unpaired) electrons. The number of halogens is 1. The zero-order valence-corrected chi connectivity index (χ0v) is 11.8. The first-order valence-corrected chi connectivity index (χ1v) is 6.86. The van der Waals surface area contributed by atoms with E-state index >= 15 is 0 Å². The predicted molar refractivity (Wildman–Crippen MR) is 74.3 cm³/mol. The van der Waals surface area contributed by atoms with Gasteiger partial charge in [-0.2, -0.15) is 0 Å². The monoisotopic (exact) mass is 312 g/mol. The molecule has 1 N–H and O–H groups in total. The van der Waals surface area contributed by atoms with Crippen molar-refractivity contribution in [3.63, 3.8) is 0 Å². The van der Waals surface area contributed by atoms with Gasteiger partial charge < -0.3 is 10.0 Å². The Balaban J connectivity index is 2.11. The summed E-state index contributed by atoms with van der Waals surface area (Å²) in [5.41, 5.74) is 1.76. The second kappa shape index (κ2) is 5.62. The quantitative estimate of drug-likeness (QED) is 0.942. The molecule has 3 nitrogen and oxygen atoms in total. The maximum Gasteiger partial charge on any atom is 0.0853 e. The number of hydrogen-bond acceptors (Lipinski definition) is 4. The molecule has 2 rings (SSSR count). The smallest absolute Gasteiger partial charge is 0.0853 e. The molecular weight excluding hydrogens is 300 g/mol. The number of aliphatic hydroxyl groups is 1. The van der Waals surface area contributed by atoms with Crippen LogP contribution in [0.3, 0.4) is 0 Å². The molecule has 17 heavy (non-hydrogen) atoms. The van der Waals surface area contributed by atoms with Crippen LogP contribution in [0.25, 0.3) is 0 Å². The second-order valence-corrected chi connectivity index (χ2v) is 5.66. The number of thiophene rings is 1. The molecule has 2 aromatic rings. The fourth-order valence-corrected chi connectivity index (χ4v) is 3.05. The van der Waals surface area contributed by atoms with Crippen molar-refractivity contribution in [2.75, 3.05) is 11.9 Å². The molecule has 90 valence electrons. The van der Waals surface area contributed by atoms with Gasteiger partial charge in [0.1, 0.15) is 0 Å². The van der Waals surface area contributed by atoms with Crippen molar-refractivity contribution in [2.45, 2.75) is 13.2 Å². The molecule has 0 saturated heterocycles. The van der Waals surface area contributed by atoms with E-state index in [-0.39, 0.29) is 6.61 Å². The first-order valence-electron chi connectivity index (χ1n) is 5.19. The van der Waals surface area contributed by atoms with E-state index in [2.05, 4.69) is 37.3 Å². The third kappa shape index (κ3) is 3.28. The van der Waals surface area contributed by atoms with Gasteiger partial charge in [-0.15, -0.1) is 11.3 Å². The van der Waals surface area contributed by atoms with E-state index in [0.717, 1.165) is 16.7 Å². The Labute approximate surface area is 113 Å². The fourth-order valence-electron chi connectivity index (χ4n) is 1.55. The molecular formula is C12H13BrN2OS. The van der Waals surface area contributed by atoms with Crippen molar-refractivity contribution in [1.82, 2.24) is 4.98 Å². The molecule has 0 aliphatic heterocycles. The number of hydrogen-bond donors (Lipinski definition) is 1. The molecule has 0 saturated carbocycles. The number of rotatable bonds is 4. The van der Waals surface area contributed by atoms with Crippen LogP contribution in [0.2, 0.25) is 0 Å². The zero-order chi connectivity index (χ0) is 12.3. The molecule has 0 aliphatic carbocycles. The van der Waals surface area contributed by atoms with Crippen molar-refractivity contribution >= 4 is 33.0 Å². The van der Waals surface area contributed by atoms with E-state index in [1.807, 2.05) is 19.2 Å². The Hall–Kier alpha value is -0.910. The van der Waals surface area contributed by atoms with Gasteiger partial charge in [0, 0.05) is 33.7 Å².